The Hall–Kier alpha value is -1.13. The van der Waals surface area contributed by atoms with E-state index in [2.05, 4.69) is 4.99 Å². The number of aliphatic imine (C=N–C) groups is 1. The van der Waals surface area contributed by atoms with Gasteiger partial charge in [0.25, 0.3) is 0 Å². The molecule has 0 N–H and O–H groups in total. The first-order chi connectivity index (χ1) is 7.10. The first-order valence-electron chi connectivity index (χ1n) is 4.32. The number of nitrogens with zero attached hydrogens (tertiary/aromatic N) is 1. The standard InChI is InChI=1S/C10H8ClNO2S/c11-9-7-12-10(15(9,13)14)6-8-4-2-1-3-5-8/h1-5,7H,6H2. The molecule has 15 heavy (non-hydrogen) atoms. The molecule has 2 rings (SSSR count). The van der Waals surface area contributed by atoms with Crippen LogP contribution in [-0.2, 0) is 16.3 Å². The highest BCUT2D eigenvalue weighted by Gasteiger charge is 2.27. The number of hydrogen-bond donors (Lipinski definition) is 0. The number of rotatable bonds is 2. The monoisotopic (exact) mass is 241 g/mol. The van der Waals surface area contributed by atoms with Crippen LogP contribution in [-0.4, -0.2) is 13.5 Å². The van der Waals surface area contributed by atoms with E-state index >= 15 is 0 Å². The Kier molecular flexibility index (Phi) is 2.63. The van der Waals surface area contributed by atoms with Gasteiger partial charge in [0, 0.05) is 6.42 Å². The summed E-state index contributed by atoms with van der Waals surface area (Å²) in [6.45, 7) is 0. The Morgan fingerprint density at radius 1 is 1.20 bits per heavy atom. The lowest BCUT2D eigenvalue weighted by molar-refractivity contribution is 0.614. The number of halogens is 1. The SMILES string of the molecule is O=S1(=O)C(Cl)=CN=C1Cc1ccccc1. The molecule has 0 radical (unpaired) electrons. The van der Waals surface area contributed by atoms with E-state index < -0.39 is 9.84 Å². The summed E-state index contributed by atoms with van der Waals surface area (Å²) in [4.78, 5) is 3.80. The van der Waals surface area contributed by atoms with Gasteiger partial charge in [0.15, 0.2) is 4.36 Å². The molecular weight excluding hydrogens is 234 g/mol. The van der Waals surface area contributed by atoms with Crippen molar-refractivity contribution in [3.8, 4) is 0 Å². The summed E-state index contributed by atoms with van der Waals surface area (Å²) in [5.74, 6) is 0. The highest BCUT2D eigenvalue weighted by Crippen LogP contribution is 2.22. The maximum Gasteiger partial charge on any atom is 0.232 e. The molecule has 1 heterocycles. The summed E-state index contributed by atoms with van der Waals surface area (Å²) in [5.41, 5.74) is 0.902. The van der Waals surface area contributed by atoms with Gasteiger partial charge in [-0.05, 0) is 5.56 Å². The largest absolute Gasteiger partial charge is 0.246 e. The van der Waals surface area contributed by atoms with Crippen molar-refractivity contribution in [2.45, 2.75) is 6.42 Å². The lowest BCUT2D eigenvalue weighted by Gasteiger charge is -2.01. The van der Waals surface area contributed by atoms with Crippen LogP contribution >= 0.6 is 11.6 Å². The van der Waals surface area contributed by atoms with E-state index in [0.29, 0.717) is 0 Å². The van der Waals surface area contributed by atoms with Crippen LogP contribution in [0.4, 0.5) is 0 Å². The van der Waals surface area contributed by atoms with Crippen molar-refractivity contribution >= 4 is 26.5 Å². The molecule has 78 valence electrons. The lowest BCUT2D eigenvalue weighted by atomic mass is 10.2. The quantitative estimate of drug-likeness (QED) is 0.796. The Bertz CT molecular complexity index is 532. The minimum absolute atomic E-state index is 0.110. The predicted octanol–water partition coefficient (Wildman–Crippen LogP) is 2.09. The first kappa shape index (κ1) is 10.4. The van der Waals surface area contributed by atoms with Crippen LogP contribution < -0.4 is 0 Å². The average Bonchev–Trinajstić information content (AvgIpc) is 2.47. The van der Waals surface area contributed by atoms with Crippen LogP contribution in [0, 0.1) is 0 Å². The van der Waals surface area contributed by atoms with Crippen molar-refractivity contribution in [2.24, 2.45) is 4.99 Å². The molecule has 0 saturated heterocycles. The summed E-state index contributed by atoms with van der Waals surface area (Å²) >= 11 is 5.52. The van der Waals surface area contributed by atoms with Gasteiger partial charge >= 0.3 is 0 Å². The zero-order chi connectivity index (χ0) is 10.9. The highest BCUT2D eigenvalue weighted by atomic mass is 35.5. The minimum Gasteiger partial charge on any atom is -0.246 e. The molecule has 0 aromatic heterocycles. The second-order valence-electron chi connectivity index (χ2n) is 3.12. The maximum atomic E-state index is 11.6. The molecular formula is C10H8ClNO2S. The predicted molar refractivity (Wildman–Crippen MR) is 60.4 cm³/mol. The molecule has 3 nitrogen and oxygen atoms in total. The van der Waals surface area contributed by atoms with Crippen molar-refractivity contribution in [2.75, 3.05) is 0 Å². The Labute approximate surface area is 93.0 Å². The molecule has 1 aromatic carbocycles. The lowest BCUT2D eigenvalue weighted by Crippen LogP contribution is -2.13. The normalized spacial score (nSPS) is 18.5. The first-order valence-corrected chi connectivity index (χ1v) is 6.18. The molecule has 1 aromatic rings. The summed E-state index contributed by atoms with van der Waals surface area (Å²) < 4.78 is 22.9. The molecule has 1 aliphatic rings. The van der Waals surface area contributed by atoms with E-state index in [9.17, 15) is 8.42 Å². The third kappa shape index (κ3) is 1.96. The Morgan fingerprint density at radius 2 is 1.87 bits per heavy atom. The summed E-state index contributed by atoms with van der Waals surface area (Å²) in [6, 6.07) is 9.28. The fraction of sp³-hybridized carbons (Fsp3) is 0.100. The second kappa shape index (κ2) is 3.79. The van der Waals surface area contributed by atoms with Gasteiger partial charge in [-0.1, -0.05) is 41.9 Å². The average molecular weight is 242 g/mol. The molecule has 0 aliphatic carbocycles. The molecule has 0 atom stereocenters. The van der Waals surface area contributed by atoms with Crippen molar-refractivity contribution in [1.29, 1.82) is 0 Å². The summed E-state index contributed by atoms with van der Waals surface area (Å²) in [7, 11) is -3.49. The van der Waals surface area contributed by atoms with Crippen LogP contribution in [0.1, 0.15) is 5.56 Å². The van der Waals surface area contributed by atoms with Crippen LogP contribution in [0.3, 0.4) is 0 Å². The zero-order valence-corrected chi connectivity index (χ0v) is 9.29. The van der Waals surface area contributed by atoms with Gasteiger partial charge in [-0.25, -0.2) is 13.4 Å². The van der Waals surface area contributed by atoms with Gasteiger partial charge in [0.2, 0.25) is 9.84 Å². The molecule has 0 bridgehead atoms. The Balaban J connectivity index is 2.25. The zero-order valence-electron chi connectivity index (χ0n) is 7.72. The van der Waals surface area contributed by atoms with Crippen molar-refractivity contribution in [3.05, 3.63) is 46.5 Å². The third-order valence-corrected chi connectivity index (χ3v) is 4.27. The highest BCUT2D eigenvalue weighted by molar-refractivity contribution is 8.11. The fourth-order valence-corrected chi connectivity index (χ4v) is 2.57. The third-order valence-electron chi connectivity index (χ3n) is 2.08. The Morgan fingerprint density at radius 3 is 2.40 bits per heavy atom. The number of sulfone groups is 1. The van der Waals surface area contributed by atoms with E-state index in [1.165, 1.54) is 6.20 Å². The molecule has 0 saturated carbocycles. The van der Waals surface area contributed by atoms with Crippen molar-refractivity contribution < 1.29 is 8.42 Å². The van der Waals surface area contributed by atoms with Crippen LogP contribution in [0.15, 0.2) is 45.9 Å². The van der Waals surface area contributed by atoms with Crippen LogP contribution in [0.25, 0.3) is 0 Å². The van der Waals surface area contributed by atoms with Crippen LogP contribution in [0.5, 0.6) is 0 Å². The fourth-order valence-electron chi connectivity index (χ4n) is 1.29. The van der Waals surface area contributed by atoms with Gasteiger partial charge < -0.3 is 0 Å². The smallest absolute Gasteiger partial charge is 0.232 e. The minimum atomic E-state index is -3.49. The summed E-state index contributed by atoms with van der Waals surface area (Å²) in [5, 5.41) is 0.110. The van der Waals surface area contributed by atoms with Gasteiger partial charge in [0.05, 0.1) is 6.20 Å². The van der Waals surface area contributed by atoms with Gasteiger partial charge in [-0.2, -0.15) is 0 Å². The van der Waals surface area contributed by atoms with E-state index in [1.807, 2.05) is 30.3 Å². The van der Waals surface area contributed by atoms with E-state index in [1.54, 1.807) is 0 Å². The second-order valence-corrected chi connectivity index (χ2v) is 5.67. The molecule has 0 amide bonds. The van der Waals surface area contributed by atoms with E-state index in [0.717, 1.165) is 5.56 Å². The van der Waals surface area contributed by atoms with Crippen molar-refractivity contribution in [1.82, 2.24) is 0 Å². The van der Waals surface area contributed by atoms with Gasteiger partial charge in [-0.3, -0.25) is 0 Å². The van der Waals surface area contributed by atoms with Crippen molar-refractivity contribution in [3.63, 3.8) is 0 Å². The van der Waals surface area contributed by atoms with E-state index in [4.69, 9.17) is 11.6 Å². The summed E-state index contributed by atoms with van der Waals surface area (Å²) in [6.07, 6.45) is 1.46. The number of hydrogen-bond acceptors (Lipinski definition) is 3. The number of benzene rings is 1. The van der Waals surface area contributed by atoms with Gasteiger partial charge in [0.1, 0.15) is 5.04 Å². The molecule has 1 aliphatic heterocycles. The maximum absolute atomic E-state index is 11.6. The van der Waals surface area contributed by atoms with E-state index in [-0.39, 0.29) is 15.8 Å². The van der Waals surface area contributed by atoms with Gasteiger partial charge in [-0.15, -0.1) is 0 Å². The topological polar surface area (TPSA) is 46.5 Å². The van der Waals surface area contributed by atoms with Crippen LogP contribution in [0.2, 0.25) is 0 Å². The molecule has 0 spiro atoms. The molecule has 0 fully saturated rings. The molecule has 0 unspecified atom stereocenters. The molecule has 5 heteroatoms.